The number of rotatable bonds is 1. The predicted octanol–water partition coefficient (Wildman–Crippen LogP) is 1.84. The molecule has 2 atom stereocenters. The molecule has 1 saturated heterocycles. The lowest BCUT2D eigenvalue weighted by Gasteiger charge is -2.35. The molecular weight excluding hydrogens is 180 g/mol. The van der Waals surface area contributed by atoms with Crippen LogP contribution in [0.15, 0.2) is 16.8 Å². The molecule has 2 nitrogen and oxygen atoms in total. The maximum absolute atomic E-state index is 5.97. The largest absolute Gasteiger partial charge is 0.328 e. The number of thiophene rings is 1. The normalized spacial score (nSPS) is 30.6. The number of nitrogens with two attached hydrogens (primary N) is 1. The zero-order valence-corrected chi connectivity index (χ0v) is 8.76. The van der Waals surface area contributed by atoms with Crippen molar-refractivity contribution < 1.29 is 0 Å². The lowest BCUT2D eigenvalue weighted by molar-refractivity contribution is 0.172. The average molecular weight is 196 g/mol. The number of likely N-dealkylation sites (tertiary alicyclic amines) is 1. The van der Waals surface area contributed by atoms with Gasteiger partial charge in [0.1, 0.15) is 0 Å². The Morgan fingerprint density at radius 1 is 1.62 bits per heavy atom. The summed E-state index contributed by atoms with van der Waals surface area (Å²) in [5.74, 6) is 0. The summed E-state index contributed by atoms with van der Waals surface area (Å²) in [5.41, 5.74) is 7.40. The van der Waals surface area contributed by atoms with Crippen molar-refractivity contribution in [3.8, 4) is 0 Å². The lowest BCUT2D eigenvalue weighted by atomic mass is 9.94. The molecule has 0 amide bonds. The number of hydrogen-bond acceptors (Lipinski definition) is 3. The van der Waals surface area contributed by atoms with Gasteiger partial charge in [-0.15, -0.1) is 0 Å². The van der Waals surface area contributed by atoms with Gasteiger partial charge in [-0.3, -0.25) is 4.90 Å². The van der Waals surface area contributed by atoms with Crippen molar-refractivity contribution in [2.45, 2.75) is 24.9 Å². The van der Waals surface area contributed by atoms with Gasteiger partial charge in [-0.25, -0.2) is 0 Å². The highest BCUT2D eigenvalue weighted by atomic mass is 32.1. The van der Waals surface area contributed by atoms with E-state index in [1.54, 1.807) is 11.3 Å². The molecule has 72 valence electrons. The van der Waals surface area contributed by atoms with E-state index in [4.69, 9.17) is 5.73 Å². The van der Waals surface area contributed by atoms with Crippen molar-refractivity contribution in [3.63, 3.8) is 0 Å². The Bertz CT molecular complexity index is 258. The van der Waals surface area contributed by atoms with Gasteiger partial charge in [-0.1, -0.05) is 0 Å². The number of nitrogens with zero attached hydrogens (tertiary/aromatic N) is 1. The summed E-state index contributed by atoms with van der Waals surface area (Å²) < 4.78 is 0. The first-order chi connectivity index (χ1) is 6.27. The second-order valence-electron chi connectivity index (χ2n) is 3.84. The molecule has 0 bridgehead atoms. The van der Waals surface area contributed by atoms with Crippen LogP contribution in [0.4, 0.5) is 0 Å². The van der Waals surface area contributed by atoms with Gasteiger partial charge in [0.2, 0.25) is 0 Å². The van der Waals surface area contributed by atoms with E-state index >= 15 is 0 Å². The third-order valence-corrected chi connectivity index (χ3v) is 3.54. The van der Waals surface area contributed by atoms with Crippen LogP contribution in [0.3, 0.4) is 0 Å². The third kappa shape index (κ3) is 1.93. The van der Waals surface area contributed by atoms with E-state index in [-0.39, 0.29) is 0 Å². The minimum atomic E-state index is 0.390. The van der Waals surface area contributed by atoms with Crippen molar-refractivity contribution in [2.75, 3.05) is 13.6 Å². The second-order valence-corrected chi connectivity index (χ2v) is 4.62. The fourth-order valence-corrected chi connectivity index (χ4v) is 2.67. The molecule has 0 radical (unpaired) electrons. The van der Waals surface area contributed by atoms with Crippen molar-refractivity contribution in [2.24, 2.45) is 5.73 Å². The Balaban J connectivity index is 2.12. The Labute approximate surface area is 83.4 Å². The van der Waals surface area contributed by atoms with E-state index in [0.717, 1.165) is 19.4 Å². The molecule has 1 fully saturated rings. The van der Waals surface area contributed by atoms with Crippen LogP contribution in [0.25, 0.3) is 0 Å². The maximum atomic E-state index is 5.97. The molecule has 2 rings (SSSR count). The molecule has 0 aliphatic carbocycles. The Morgan fingerprint density at radius 3 is 3.15 bits per heavy atom. The molecule has 1 aliphatic rings. The SMILES string of the molecule is CN1CCC(N)CC1c1ccsc1. The van der Waals surface area contributed by atoms with E-state index in [2.05, 4.69) is 28.8 Å². The van der Waals surface area contributed by atoms with Gasteiger partial charge in [-0.2, -0.15) is 11.3 Å². The highest BCUT2D eigenvalue weighted by molar-refractivity contribution is 7.07. The summed E-state index contributed by atoms with van der Waals surface area (Å²) in [6, 6.07) is 3.15. The maximum Gasteiger partial charge on any atom is 0.0368 e. The summed E-state index contributed by atoms with van der Waals surface area (Å²) in [6.45, 7) is 1.13. The van der Waals surface area contributed by atoms with Crippen LogP contribution in [0.5, 0.6) is 0 Å². The van der Waals surface area contributed by atoms with Crippen molar-refractivity contribution in [1.29, 1.82) is 0 Å². The second kappa shape index (κ2) is 3.78. The molecule has 1 aromatic rings. The zero-order valence-electron chi connectivity index (χ0n) is 7.94. The Hall–Kier alpha value is -0.380. The number of hydrogen-bond donors (Lipinski definition) is 1. The highest BCUT2D eigenvalue weighted by Crippen LogP contribution is 2.29. The third-order valence-electron chi connectivity index (χ3n) is 2.84. The van der Waals surface area contributed by atoms with E-state index in [1.807, 2.05) is 0 Å². The van der Waals surface area contributed by atoms with E-state index < -0.39 is 0 Å². The van der Waals surface area contributed by atoms with Gasteiger partial charge in [0.05, 0.1) is 0 Å². The molecule has 2 heterocycles. The highest BCUT2D eigenvalue weighted by Gasteiger charge is 2.24. The summed E-state index contributed by atoms with van der Waals surface area (Å²) in [7, 11) is 2.19. The van der Waals surface area contributed by atoms with Crippen LogP contribution >= 0.6 is 11.3 Å². The Kier molecular flexibility index (Phi) is 2.67. The van der Waals surface area contributed by atoms with Gasteiger partial charge in [0.25, 0.3) is 0 Å². The summed E-state index contributed by atoms with van der Waals surface area (Å²) in [6.07, 6.45) is 2.24. The first-order valence-corrected chi connectivity index (χ1v) is 5.69. The van der Waals surface area contributed by atoms with Gasteiger partial charge in [-0.05, 0) is 48.8 Å². The molecule has 0 saturated carbocycles. The fraction of sp³-hybridized carbons (Fsp3) is 0.600. The smallest absolute Gasteiger partial charge is 0.0368 e. The first kappa shape index (κ1) is 9.19. The number of piperidine rings is 1. The topological polar surface area (TPSA) is 29.3 Å². The average Bonchev–Trinajstić information content (AvgIpc) is 2.61. The van der Waals surface area contributed by atoms with Gasteiger partial charge >= 0.3 is 0 Å². The minimum Gasteiger partial charge on any atom is -0.328 e. The van der Waals surface area contributed by atoms with Gasteiger partial charge < -0.3 is 5.73 Å². The summed E-state index contributed by atoms with van der Waals surface area (Å²) >= 11 is 1.77. The quantitative estimate of drug-likeness (QED) is 0.742. The van der Waals surface area contributed by atoms with Crippen LogP contribution < -0.4 is 5.73 Å². The lowest BCUT2D eigenvalue weighted by Crippen LogP contribution is -2.39. The van der Waals surface area contributed by atoms with Crippen molar-refractivity contribution in [3.05, 3.63) is 22.4 Å². The molecule has 1 aliphatic heterocycles. The fourth-order valence-electron chi connectivity index (χ4n) is 1.97. The molecule has 1 aromatic heterocycles. The monoisotopic (exact) mass is 196 g/mol. The van der Waals surface area contributed by atoms with Crippen LogP contribution in [0.1, 0.15) is 24.4 Å². The van der Waals surface area contributed by atoms with Gasteiger partial charge in [0, 0.05) is 12.1 Å². The minimum absolute atomic E-state index is 0.390. The standard InChI is InChI=1S/C10H16N2S/c1-12-4-2-9(11)6-10(12)8-3-5-13-7-8/h3,5,7,9-10H,2,4,6,11H2,1H3. The van der Waals surface area contributed by atoms with E-state index in [1.165, 1.54) is 5.56 Å². The molecule has 0 aromatic carbocycles. The van der Waals surface area contributed by atoms with E-state index in [0.29, 0.717) is 12.1 Å². The summed E-state index contributed by atoms with van der Waals surface area (Å²) in [5, 5.41) is 4.38. The molecule has 3 heteroatoms. The summed E-state index contributed by atoms with van der Waals surface area (Å²) in [4.78, 5) is 2.41. The molecule has 13 heavy (non-hydrogen) atoms. The zero-order chi connectivity index (χ0) is 9.26. The molecule has 2 N–H and O–H groups in total. The predicted molar refractivity (Wildman–Crippen MR) is 56.9 cm³/mol. The van der Waals surface area contributed by atoms with Crippen LogP contribution in [0, 0.1) is 0 Å². The van der Waals surface area contributed by atoms with Crippen LogP contribution in [-0.4, -0.2) is 24.5 Å². The van der Waals surface area contributed by atoms with E-state index in [9.17, 15) is 0 Å². The van der Waals surface area contributed by atoms with Crippen molar-refractivity contribution >= 4 is 11.3 Å². The van der Waals surface area contributed by atoms with Gasteiger partial charge in [0.15, 0.2) is 0 Å². The first-order valence-electron chi connectivity index (χ1n) is 4.75. The molecule has 2 unspecified atom stereocenters. The van der Waals surface area contributed by atoms with Crippen LogP contribution in [-0.2, 0) is 0 Å². The Morgan fingerprint density at radius 2 is 2.46 bits per heavy atom. The van der Waals surface area contributed by atoms with Crippen molar-refractivity contribution in [1.82, 2.24) is 4.90 Å². The van der Waals surface area contributed by atoms with Crippen LogP contribution in [0.2, 0.25) is 0 Å². The molecular formula is C10H16N2S. The molecule has 0 spiro atoms.